The van der Waals surface area contributed by atoms with Crippen molar-refractivity contribution in [2.45, 2.75) is 43.0 Å². The number of rotatable bonds is 12. The highest BCUT2D eigenvalue weighted by Gasteiger charge is 2.42. The number of carboxylic acid groups (broad SMARTS) is 1. The second kappa shape index (κ2) is 11.6. The van der Waals surface area contributed by atoms with Crippen LogP contribution in [-0.2, 0) is 9.59 Å². The van der Waals surface area contributed by atoms with Crippen LogP contribution in [0.15, 0.2) is 24.3 Å². The van der Waals surface area contributed by atoms with Crippen LogP contribution in [0.25, 0.3) is 0 Å². The van der Waals surface area contributed by atoms with E-state index in [0.717, 1.165) is 25.0 Å². The third kappa shape index (κ3) is 7.04. The summed E-state index contributed by atoms with van der Waals surface area (Å²) in [4.78, 5) is 46.1. The Morgan fingerprint density at radius 2 is 1.91 bits per heavy atom. The lowest BCUT2D eigenvalue weighted by molar-refractivity contribution is -0.124. The van der Waals surface area contributed by atoms with Crippen LogP contribution in [0.4, 0.5) is 4.79 Å². The minimum Gasteiger partial charge on any atom is -0.484 e. The summed E-state index contributed by atoms with van der Waals surface area (Å²) in [7, 11) is 0. The van der Waals surface area contributed by atoms with E-state index < -0.39 is 5.97 Å². The number of amides is 4. The van der Waals surface area contributed by atoms with Gasteiger partial charge in [-0.25, -0.2) is 9.59 Å². The molecule has 1 aromatic carbocycles. The van der Waals surface area contributed by atoms with Crippen LogP contribution in [0.5, 0.6) is 5.75 Å². The molecule has 32 heavy (non-hydrogen) atoms. The Kier molecular flexibility index (Phi) is 8.60. The van der Waals surface area contributed by atoms with Crippen molar-refractivity contribution in [3.8, 4) is 5.75 Å². The molecule has 1 aromatic rings. The minimum atomic E-state index is -1.07. The number of carboxylic acids is 1. The smallest absolute Gasteiger partial charge is 0.335 e. The van der Waals surface area contributed by atoms with E-state index in [9.17, 15) is 19.2 Å². The van der Waals surface area contributed by atoms with Crippen LogP contribution in [0.2, 0.25) is 0 Å². The van der Waals surface area contributed by atoms with E-state index in [1.165, 1.54) is 12.1 Å². The number of thioether (sulfide) groups is 1. The second-order valence-corrected chi connectivity index (χ2v) is 8.96. The zero-order valence-electron chi connectivity index (χ0n) is 17.6. The predicted octanol–water partition coefficient (Wildman–Crippen LogP) is 0.722. The molecule has 0 radical (unpaired) electrons. The van der Waals surface area contributed by atoms with Crippen LogP contribution < -0.4 is 26.0 Å². The van der Waals surface area contributed by atoms with Crippen LogP contribution in [0.1, 0.15) is 36.0 Å². The highest BCUT2D eigenvalue weighted by molar-refractivity contribution is 8.00. The molecule has 2 aliphatic heterocycles. The van der Waals surface area contributed by atoms with Gasteiger partial charge in [-0.3, -0.25) is 9.59 Å². The lowest BCUT2D eigenvalue weighted by Gasteiger charge is -2.16. The molecule has 10 nitrogen and oxygen atoms in total. The van der Waals surface area contributed by atoms with Gasteiger partial charge >= 0.3 is 12.0 Å². The largest absolute Gasteiger partial charge is 0.484 e. The van der Waals surface area contributed by atoms with Crippen molar-refractivity contribution in [2.24, 2.45) is 0 Å². The molecule has 5 N–H and O–H groups in total. The molecular formula is C21H28N4O6S. The van der Waals surface area contributed by atoms with Gasteiger partial charge in [0, 0.05) is 30.5 Å². The molecule has 11 heteroatoms. The molecule has 0 bridgehead atoms. The van der Waals surface area contributed by atoms with Gasteiger partial charge in [0.1, 0.15) is 5.75 Å². The topological polar surface area (TPSA) is 146 Å². The number of unbranched alkanes of at least 4 members (excludes halogenated alkanes) is 1. The number of urea groups is 1. The molecule has 2 fully saturated rings. The van der Waals surface area contributed by atoms with Crippen molar-refractivity contribution < 1.29 is 29.0 Å². The van der Waals surface area contributed by atoms with Crippen LogP contribution >= 0.6 is 11.8 Å². The molecule has 0 unspecified atom stereocenters. The summed E-state index contributed by atoms with van der Waals surface area (Å²) in [6.45, 7) is 0.352. The fourth-order valence-electron chi connectivity index (χ4n) is 3.69. The Morgan fingerprint density at radius 3 is 2.69 bits per heavy atom. The van der Waals surface area contributed by atoms with E-state index in [0.29, 0.717) is 24.0 Å². The fraction of sp³-hybridized carbons (Fsp3) is 0.524. The van der Waals surface area contributed by atoms with E-state index in [-0.39, 0.29) is 48.6 Å². The van der Waals surface area contributed by atoms with Gasteiger partial charge in [0.05, 0.1) is 17.6 Å². The molecule has 0 spiro atoms. The van der Waals surface area contributed by atoms with E-state index in [4.69, 9.17) is 9.84 Å². The van der Waals surface area contributed by atoms with Crippen LogP contribution in [0.3, 0.4) is 0 Å². The zero-order chi connectivity index (χ0) is 22.9. The number of aromatic carboxylic acids is 1. The van der Waals surface area contributed by atoms with Crippen molar-refractivity contribution >= 4 is 35.6 Å². The number of hydrogen-bond acceptors (Lipinski definition) is 6. The number of ether oxygens (including phenoxy) is 1. The molecule has 3 atom stereocenters. The first-order chi connectivity index (χ1) is 15.4. The van der Waals surface area contributed by atoms with Crippen molar-refractivity contribution in [1.29, 1.82) is 0 Å². The molecule has 0 saturated carbocycles. The summed E-state index contributed by atoms with van der Waals surface area (Å²) in [6, 6.07) is 6.22. The Morgan fingerprint density at radius 1 is 1.12 bits per heavy atom. The summed E-state index contributed by atoms with van der Waals surface area (Å²) >= 11 is 1.86. The number of carbonyl (C=O) groups is 4. The standard InChI is InChI=1S/C21H28N4O6S/c26-17(7-2-1-6-16-19-15(12-32-16)24-21(30)25-19)22-8-9-23-18(27)11-31-14-5-3-4-13(10-14)20(28)29/h3-5,10,15-16,19H,1-2,6-9,11-12H2,(H,22,26)(H,23,27)(H,28,29)(H2,24,25,30)/t15-,16-,19-/m0/s1. The Bertz CT molecular complexity index is 851. The van der Waals surface area contributed by atoms with Gasteiger partial charge in [0.15, 0.2) is 6.61 Å². The maximum atomic E-state index is 11.9. The Balaban J connectivity index is 1.20. The van der Waals surface area contributed by atoms with Gasteiger partial charge in [0.2, 0.25) is 5.91 Å². The highest BCUT2D eigenvalue weighted by Crippen LogP contribution is 2.33. The molecule has 2 aliphatic rings. The summed E-state index contributed by atoms with van der Waals surface area (Å²) in [6.07, 6.45) is 3.08. The molecule has 0 aliphatic carbocycles. The van der Waals surface area contributed by atoms with Crippen molar-refractivity contribution in [3.63, 3.8) is 0 Å². The molecule has 2 heterocycles. The first-order valence-corrected chi connectivity index (χ1v) is 11.7. The molecule has 0 aromatic heterocycles. The van der Waals surface area contributed by atoms with Crippen molar-refractivity contribution in [3.05, 3.63) is 29.8 Å². The highest BCUT2D eigenvalue weighted by atomic mass is 32.2. The third-order valence-corrected chi connectivity index (χ3v) is 6.81. The first-order valence-electron chi connectivity index (χ1n) is 10.6. The number of fused-ring (bicyclic) bond motifs is 1. The molecule has 3 rings (SSSR count). The van der Waals surface area contributed by atoms with Gasteiger partial charge in [-0.15, -0.1) is 0 Å². The first kappa shape index (κ1) is 23.7. The van der Waals surface area contributed by atoms with E-state index in [1.807, 2.05) is 11.8 Å². The van der Waals surface area contributed by atoms with E-state index >= 15 is 0 Å². The molecule has 2 saturated heterocycles. The fourth-order valence-corrected chi connectivity index (χ4v) is 5.23. The van der Waals surface area contributed by atoms with Gasteiger partial charge in [-0.05, 0) is 31.0 Å². The quantitative estimate of drug-likeness (QED) is 0.226. The molecule has 4 amide bonds. The van der Waals surface area contributed by atoms with Gasteiger partial charge in [-0.2, -0.15) is 11.8 Å². The molecular weight excluding hydrogens is 436 g/mol. The summed E-state index contributed by atoms with van der Waals surface area (Å²) in [5, 5.41) is 20.6. The second-order valence-electron chi connectivity index (χ2n) is 7.69. The monoisotopic (exact) mass is 464 g/mol. The number of carbonyl (C=O) groups excluding carboxylic acids is 3. The van der Waals surface area contributed by atoms with Crippen LogP contribution in [-0.4, -0.2) is 71.7 Å². The van der Waals surface area contributed by atoms with Crippen molar-refractivity contribution in [2.75, 3.05) is 25.4 Å². The minimum absolute atomic E-state index is 0.0613. The normalized spacial score (nSPS) is 21.2. The maximum Gasteiger partial charge on any atom is 0.335 e. The SMILES string of the molecule is O=C(CCCC[C@@H]1SC[C@@H]2NC(=O)N[C@@H]21)NCCNC(=O)COc1cccc(C(=O)O)c1. The average molecular weight is 465 g/mol. The lowest BCUT2D eigenvalue weighted by Crippen LogP contribution is -2.37. The average Bonchev–Trinajstić information content (AvgIpc) is 3.32. The van der Waals surface area contributed by atoms with Crippen molar-refractivity contribution in [1.82, 2.24) is 21.3 Å². The van der Waals surface area contributed by atoms with Gasteiger partial charge in [0.25, 0.3) is 5.91 Å². The van der Waals surface area contributed by atoms with E-state index in [2.05, 4.69) is 21.3 Å². The lowest BCUT2D eigenvalue weighted by atomic mass is 10.0. The Hall–Kier alpha value is -2.95. The number of hydrogen-bond donors (Lipinski definition) is 5. The van der Waals surface area contributed by atoms with E-state index in [1.54, 1.807) is 12.1 Å². The maximum absolute atomic E-state index is 11.9. The Labute approximate surface area is 190 Å². The predicted molar refractivity (Wildman–Crippen MR) is 119 cm³/mol. The van der Waals surface area contributed by atoms with Crippen LogP contribution in [0, 0.1) is 0 Å². The summed E-state index contributed by atoms with van der Waals surface area (Å²) < 4.78 is 5.28. The third-order valence-electron chi connectivity index (χ3n) is 5.30. The zero-order valence-corrected chi connectivity index (χ0v) is 18.4. The number of benzene rings is 1. The summed E-state index contributed by atoms with van der Waals surface area (Å²) in [5.74, 6) is -0.262. The van der Waals surface area contributed by atoms with Gasteiger partial charge in [-0.1, -0.05) is 12.5 Å². The summed E-state index contributed by atoms with van der Waals surface area (Å²) in [5.41, 5.74) is 0.0825. The van der Waals surface area contributed by atoms with Gasteiger partial charge < -0.3 is 31.1 Å². The number of nitrogens with one attached hydrogen (secondary N) is 4. The molecule has 174 valence electrons.